The Labute approximate surface area is 101 Å². The van der Waals surface area contributed by atoms with Gasteiger partial charge in [0.05, 0.1) is 12.5 Å². The first-order chi connectivity index (χ1) is 7.79. The van der Waals surface area contributed by atoms with Crippen LogP contribution in [0.3, 0.4) is 0 Å². The molecule has 0 saturated carbocycles. The van der Waals surface area contributed by atoms with Gasteiger partial charge in [0.1, 0.15) is 11.3 Å². The Kier molecular flexibility index (Phi) is 4.03. The summed E-state index contributed by atoms with van der Waals surface area (Å²) in [6, 6.07) is 3.56. The lowest BCUT2D eigenvalue weighted by Gasteiger charge is -2.16. The fourth-order valence-corrected chi connectivity index (χ4v) is 1.53. The molecule has 1 rings (SSSR count). The summed E-state index contributed by atoms with van der Waals surface area (Å²) in [5.41, 5.74) is -1.56. The van der Waals surface area contributed by atoms with Crippen molar-refractivity contribution in [1.82, 2.24) is 0 Å². The van der Waals surface area contributed by atoms with Crippen LogP contribution in [-0.4, -0.2) is 18.3 Å². The molecule has 6 heteroatoms. The summed E-state index contributed by atoms with van der Waals surface area (Å²) in [5.74, 6) is -1.17. The molecule has 94 valence electrons. The van der Waals surface area contributed by atoms with Gasteiger partial charge in [-0.2, -0.15) is 13.2 Å². The molecular weight excluding hydrogens is 257 g/mol. The molecule has 0 aliphatic carbocycles. The molecular formula is C11H10ClF3O2. The van der Waals surface area contributed by atoms with Crippen molar-refractivity contribution in [3.63, 3.8) is 0 Å². The third kappa shape index (κ3) is 2.91. The number of ketones is 1. The molecule has 0 aromatic heterocycles. The summed E-state index contributed by atoms with van der Waals surface area (Å²) in [6.07, 6.45) is -4.66. The maximum absolute atomic E-state index is 12.8. The first kappa shape index (κ1) is 13.8. The van der Waals surface area contributed by atoms with Crippen molar-refractivity contribution < 1.29 is 22.7 Å². The SMILES string of the molecule is COc1cccc(C(=O)C(C)Cl)c1C(F)(F)F. The summed E-state index contributed by atoms with van der Waals surface area (Å²) < 4.78 is 43.2. The summed E-state index contributed by atoms with van der Waals surface area (Å²) in [4.78, 5) is 11.6. The molecule has 1 unspecified atom stereocenters. The second-order valence-corrected chi connectivity index (χ2v) is 4.02. The zero-order valence-electron chi connectivity index (χ0n) is 9.14. The lowest BCUT2D eigenvalue weighted by atomic mass is 10.0. The van der Waals surface area contributed by atoms with E-state index in [4.69, 9.17) is 11.6 Å². The van der Waals surface area contributed by atoms with E-state index in [2.05, 4.69) is 4.74 Å². The van der Waals surface area contributed by atoms with Gasteiger partial charge in [0.15, 0.2) is 5.78 Å². The normalized spacial score (nSPS) is 13.3. The predicted octanol–water partition coefficient (Wildman–Crippen LogP) is 3.52. The highest BCUT2D eigenvalue weighted by atomic mass is 35.5. The Balaban J connectivity index is 3.45. The molecule has 0 aliphatic heterocycles. The van der Waals surface area contributed by atoms with Gasteiger partial charge in [-0.15, -0.1) is 11.6 Å². The zero-order valence-corrected chi connectivity index (χ0v) is 9.89. The molecule has 2 nitrogen and oxygen atoms in total. The van der Waals surface area contributed by atoms with E-state index in [1.54, 1.807) is 0 Å². The van der Waals surface area contributed by atoms with E-state index in [0.717, 1.165) is 19.2 Å². The van der Waals surface area contributed by atoms with Crippen LogP contribution >= 0.6 is 11.6 Å². The van der Waals surface area contributed by atoms with Gasteiger partial charge in [0, 0.05) is 5.56 Å². The van der Waals surface area contributed by atoms with Gasteiger partial charge >= 0.3 is 6.18 Å². The van der Waals surface area contributed by atoms with Crippen LogP contribution in [-0.2, 0) is 6.18 Å². The van der Waals surface area contributed by atoms with Crippen LogP contribution in [0, 0.1) is 0 Å². The number of rotatable bonds is 3. The van der Waals surface area contributed by atoms with Crippen LogP contribution in [0.1, 0.15) is 22.8 Å². The average Bonchev–Trinajstić information content (AvgIpc) is 2.25. The van der Waals surface area contributed by atoms with Gasteiger partial charge in [-0.25, -0.2) is 0 Å². The van der Waals surface area contributed by atoms with Crippen molar-refractivity contribution in [3.05, 3.63) is 29.3 Å². The molecule has 0 heterocycles. The van der Waals surface area contributed by atoms with Crippen LogP contribution in [0.15, 0.2) is 18.2 Å². The van der Waals surface area contributed by atoms with Gasteiger partial charge < -0.3 is 4.74 Å². The number of halogens is 4. The van der Waals surface area contributed by atoms with Crippen molar-refractivity contribution in [2.24, 2.45) is 0 Å². The lowest BCUT2D eigenvalue weighted by Crippen LogP contribution is -2.19. The molecule has 0 amide bonds. The maximum Gasteiger partial charge on any atom is 0.420 e. The third-order valence-electron chi connectivity index (χ3n) is 2.16. The predicted molar refractivity (Wildman–Crippen MR) is 57.6 cm³/mol. The Bertz CT molecular complexity index is 427. The van der Waals surface area contributed by atoms with Crippen molar-refractivity contribution in [2.75, 3.05) is 7.11 Å². The van der Waals surface area contributed by atoms with E-state index in [0.29, 0.717) is 0 Å². The van der Waals surface area contributed by atoms with Crippen molar-refractivity contribution in [2.45, 2.75) is 18.5 Å². The Hall–Kier alpha value is -1.23. The van der Waals surface area contributed by atoms with Crippen LogP contribution in [0.5, 0.6) is 5.75 Å². The van der Waals surface area contributed by atoms with Gasteiger partial charge in [-0.3, -0.25) is 4.79 Å². The van der Waals surface area contributed by atoms with E-state index in [1.165, 1.54) is 13.0 Å². The topological polar surface area (TPSA) is 26.3 Å². The number of carbonyl (C=O) groups is 1. The molecule has 0 bridgehead atoms. The van der Waals surface area contributed by atoms with E-state index >= 15 is 0 Å². The standard InChI is InChI=1S/C11H10ClF3O2/c1-6(12)10(16)7-4-3-5-8(17-2)9(7)11(13,14)15/h3-6H,1-2H3. The third-order valence-corrected chi connectivity index (χ3v) is 2.35. The number of hydrogen-bond donors (Lipinski definition) is 0. The van der Waals surface area contributed by atoms with Crippen LogP contribution < -0.4 is 4.74 Å². The quantitative estimate of drug-likeness (QED) is 0.618. The Morgan fingerprint density at radius 2 is 2.00 bits per heavy atom. The number of alkyl halides is 4. The minimum Gasteiger partial charge on any atom is -0.496 e. The first-order valence-electron chi connectivity index (χ1n) is 4.71. The second kappa shape index (κ2) is 4.96. The van der Waals surface area contributed by atoms with Crippen molar-refractivity contribution >= 4 is 17.4 Å². The number of ether oxygens (including phenoxy) is 1. The molecule has 0 radical (unpaired) electrons. The largest absolute Gasteiger partial charge is 0.496 e. The minimum atomic E-state index is -4.66. The van der Waals surface area contributed by atoms with Crippen molar-refractivity contribution in [1.29, 1.82) is 0 Å². The molecule has 1 aromatic rings. The summed E-state index contributed by atoms with van der Waals surface area (Å²) in [7, 11) is 1.11. The lowest BCUT2D eigenvalue weighted by molar-refractivity contribution is -0.139. The van der Waals surface area contributed by atoms with E-state index in [1.807, 2.05) is 0 Å². The highest BCUT2D eigenvalue weighted by Gasteiger charge is 2.39. The average molecular weight is 267 g/mol. The number of hydrogen-bond acceptors (Lipinski definition) is 2. The molecule has 0 saturated heterocycles. The van der Waals surface area contributed by atoms with E-state index in [9.17, 15) is 18.0 Å². The summed E-state index contributed by atoms with van der Waals surface area (Å²) >= 11 is 5.52. The molecule has 0 fully saturated rings. The summed E-state index contributed by atoms with van der Waals surface area (Å²) in [5, 5.41) is -1.02. The van der Waals surface area contributed by atoms with Gasteiger partial charge in [-0.1, -0.05) is 12.1 Å². The van der Waals surface area contributed by atoms with Crippen molar-refractivity contribution in [3.8, 4) is 5.75 Å². The number of Topliss-reactive ketones (excluding diaryl/α,β-unsaturated/α-hetero) is 1. The van der Waals surface area contributed by atoms with Gasteiger partial charge in [0.2, 0.25) is 0 Å². The zero-order chi connectivity index (χ0) is 13.2. The van der Waals surface area contributed by atoms with Crippen LogP contribution in [0.25, 0.3) is 0 Å². The molecule has 1 aromatic carbocycles. The molecule has 0 aliphatic rings. The fraction of sp³-hybridized carbons (Fsp3) is 0.364. The fourth-order valence-electron chi connectivity index (χ4n) is 1.41. The second-order valence-electron chi connectivity index (χ2n) is 3.36. The smallest absolute Gasteiger partial charge is 0.420 e. The number of benzene rings is 1. The highest BCUT2D eigenvalue weighted by molar-refractivity contribution is 6.33. The monoisotopic (exact) mass is 266 g/mol. The molecule has 0 N–H and O–H groups in total. The molecule has 0 spiro atoms. The minimum absolute atomic E-state index is 0.388. The maximum atomic E-state index is 12.8. The van der Waals surface area contributed by atoms with E-state index < -0.39 is 28.5 Å². The number of carbonyl (C=O) groups excluding carboxylic acids is 1. The summed E-state index contributed by atoms with van der Waals surface area (Å²) in [6.45, 7) is 1.32. The molecule has 1 atom stereocenters. The Morgan fingerprint density at radius 1 is 1.41 bits per heavy atom. The van der Waals surface area contributed by atoms with Gasteiger partial charge in [-0.05, 0) is 13.0 Å². The molecule has 17 heavy (non-hydrogen) atoms. The van der Waals surface area contributed by atoms with Gasteiger partial charge in [0.25, 0.3) is 0 Å². The number of methoxy groups -OCH3 is 1. The Morgan fingerprint density at radius 3 is 2.41 bits per heavy atom. The van der Waals surface area contributed by atoms with Crippen LogP contribution in [0.4, 0.5) is 13.2 Å². The van der Waals surface area contributed by atoms with E-state index in [-0.39, 0.29) is 5.75 Å². The first-order valence-corrected chi connectivity index (χ1v) is 5.15. The van der Waals surface area contributed by atoms with Crippen LogP contribution in [0.2, 0.25) is 0 Å². The highest BCUT2D eigenvalue weighted by Crippen LogP contribution is 2.39.